The summed E-state index contributed by atoms with van der Waals surface area (Å²) in [6.45, 7) is 0.670. The van der Waals surface area contributed by atoms with Gasteiger partial charge in [-0.2, -0.15) is 0 Å². The highest BCUT2D eigenvalue weighted by molar-refractivity contribution is 5.78. The molecule has 1 aromatic rings. The third-order valence-electron chi connectivity index (χ3n) is 5.93. The molecular weight excluding hydrogens is 342 g/mol. The third kappa shape index (κ3) is 4.46. The smallest absolute Gasteiger partial charge is 0.223 e. The van der Waals surface area contributed by atoms with Gasteiger partial charge in [-0.25, -0.2) is 4.68 Å². The molecule has 146 valence electrons. The van der Waals surface area contributed by atoms with Crippen LogP contribution >= 0.6 is 0 Å². The van der Waals surface area contributed by atoms with Crippen LogP contribution in [0.1, 0.15) is 63.2 Å². The number of carbonyl (C=O) groups is 1. The molecule has 3 unspecified atom stereocenters. The zero-order chi connectivity index (χ0) is 18.5. The first-order valence-corrected chi connectivity index (χ1v) is 10.3. The number of nitrogens with zero attached hydrogens (tertiary/aromatic N) is 4. The van der Waals surface area contributed by atoms with Crippen LogP contribution in [0.5, 0.6) is 0 Å². The van der Waals surface area contributed by atoms with Gasteiger partial charge in [-0.1, -0.05) is 43.6 Å². The van der Waals surface area contributed by atoms with Crippen molar-refractivity contribution in [2.75, 3.05) is 6.61 Å². The Bertz CT molecular complexity index is 692. The van der Waals surface area contributed by atoms with E-state index < -0.39 is 0 Å². The number of fused-ring (bicyclic) bond motifs is 1. The van der Waals surface area contributed by atoms with E-state index >= 15 is 0 Å². The summed E-state index contributed by atoms with van der Waals surface area (Å²) in [5.74, 6) is 1.32. The number of piperidine rings is 1. The molecule has 27 heavy (non-hydrogen) atoms. The molecule has 1 N–H and O–H groups in total. The van der Waals surface area contributed by atoms with E-state index in [9.17, 15) is 4.79 Å². The van der Waals surface area contributed by atoms with Crippen molar-refractivity contribution >= 4 is 5.91 Å². The standard InChI is InChI=1S/C20H29N5O2/c26-20-14-18(16-10-4-5-11-17(16)21-20)27-13-7-6-12-19-22-23-24-25(19)15-8-2-1-3-9-15/h4-5,10-11,15-18H,1-3,6-9,12-14H2,(H,21,26). The molecule has 7 nitrogen and oxygen atoms in total. The fourth-order valence-corrected chi connectivity index (χ4v) is 4.46. The molecule has 7 heteroatoms. The molecule has 0 aromatic carbocycles. The Kier molecular flexibility index (Phi) is 5.97. The SMILES string of the molecule is O=C1CC(OCCCCc2nnnn2C2CCCCC2)C2C=CC=CC2N1. The predicted octanol–water partition coefficient (Wildman–Crippen LogP) is 2.52. The number of hydrogen-bond acceptors (Lipinski definition) is 5. The van der Waals surface area contributed by atoms with Gasteiger partial charge in [0.15, 0.2) is 5.82 Å². The summed E-state index contributed by atoms with van der Waals surface area (Å²) in [5, 5.41) is 15.4. The van der Waals surface area contributed by atoms with E-state index in [-0.39, 0.29) is 24.0 Å². The van der Waals surface area contributed by atoms with Crippen molar-refractivity contribution in [3.8, 4) is 0 Å². The first-order chi connectivity index (χ1) is 13.3. The quantitative estimate of drug-likeness (QED) is 0.745. The van der Waals surface area contributed by atoms with Crippen molar-refractivity contribution in [2.45, 2.75) is 76.0 Å². The van der Waals surface area contributed by atoms with Crippen LogP contribution in [0.4, 0.5) is 0 Å². The lowest BCUT2D eigenvalue weighted by Crippen LogP contribution is -2.51. The summed E-state index contributed by atoms with van der Waals surface area (Å²) in [4.78, 5) is 11.9. The zero-order valence-corrected chi connectivity index (χ0v) is 15.8. The highest BCUT2D eigenvalue weighted by Crippen LogP contribution is 2.28. The molecule has 3 aliphatic rings. The number of allylic oxidation sites excluding steroid dienone is 2. The summed E-state index contributed by atoms with van der Waals surface area (Å²) in [6.07, 6.45) is 17.7. The van der Waals surface area contributed by atoms with E-state index in [4.69, 9.17) is 4.74 Å². The van der Waals surface area contributed by atoms with Crippen LogP contribution in [0.3, 0.4) is 0 Å². The van der Waals surface area contributed by atoms with Crippen molar-refractivity contribution in [3.63, 3.8) is 0 Å². The van der Waals surface area contributed by atoms with Crippen molar-refractivity contribution in [1.82, 2.24) is 25.5 Å². The first-order valence-electron chi connectivity index (χ1n) is 10.3. The van der Waals surface area contributed by atoms with E-state index in [1.807, 2.05) is 18.2 Å². The second-order valence-electron chi connectivity index (χ2n) is 7.84. The molecule has 2 fully saturated rings. The largest absolute Gasteiger partial charge is 0.377 e. The topological polar surface area (TPSA) is 81.9 Å². The molecule has 1 aromatic heterocycles. The normalized spacial score (nSPS) is 28.1. The van der Waals surface area contributed by atoms with Crippen LogP contribution in [0.15, 0.2) is 24.3 Å². The Balaban J connectivity index is 1.22. The maximum Gasteiger partial charge on any atom is 0.223 e. The molecule has 2 aliphatic carbocycles. The number of tetrazole rings is 1. The molecule has 1 saturated carbocycles. The zero-order valence-electron chi connectivity index (χ0n) is 15.8. The second-order valence-corrected chi connectivity index (χ2v) is 7.84. The molecular formula is C20H29N5O2. The Morgan fingerprint density at radius 3 is 2.89 bits per heavy atom. The molecule has 1 amide bonds. The summed E-state index contributed by atoms with van der Waals surface area (Å²) < 4.78 is 8.14. The third-order valence-corrected chi connectivity index (χ3v) is 5.93. The summed E-state index contributed by atoms with van der Waals surface area (Å²) >= 11 is 0. The summed E-state index contributed by atoms with van der Waals surface area (Å²) in [6, 6.07) is 0.546. The van der Waals surface area contributed by atoms with Crippen molar-refractivity contribution < 1.29 is 9.53 Å². The van der Waals surface area contributed by atoms with Crippen LogP contribution in [-0.4, -0.2) is 44.9 Å². The minimum Gasteiger partial charge on any atom is -0.377 e. The highest BCUT2D eigenvalue weighted by atomic mass is 16.5. The van der Waals surface area contributed by atoms with Crippen LogP contribution < -0.4 is 5.32 Å². The number of amides is 1. The van der Waals surface area contributed by atoms with Crippen molar-refractivity contribution in [3.05, 3.63) is 30.1 Å². The summed E-state index contributed by atoms with van der Waals surface area (Å²) in [5.41, 5.74) is 0. The number of rotatable bonds is 7. The predicted molar refractivity (Wildman–Crippen MR) is 101 cm³/mol. The molecule has 0 spiro atoms. The Morgan fingerprint density at radius 1 is 1.15 bits per heavy atom. The first kappa shape index (κ1) is 18.3. The molecule has 4 rings (SSSR count). The minimum absolute atomic E-state index is 0.0301. The number of nitrogens with one attached hydrogen (secondary N) is 1. The van der Waals surface area contributed by atoms with Gasteiger partial charge in [0.1, 0.15) is 0 Å². The highest BCUT2D eigenvalue weighted by Gasteiger charge is 2.35. The number of ether oxygens (including phenoxy) is 1. The lowest BCUT2D eigenvalue weighted by Gasteiger charge is -2.36. The van der Waals surface area contributed by atoms with Gasteiger partial charge in [0.05, 0.1) is 24.6 Å². The van der Waals surface area contributed by atoms with Gasteiger partial charge < -0.3 is 10.1 Å². The van der Waals surface area contributed by atoms with Gasteiger partial charge in [-0.3, -0.25) is 4.79 Å². The number of unbranched alkanes of at least 4 members (excludes halogenated alkanes) is 1. The molecule has 3 atom stereocenters. The van der Waals surface area contributed by atoms with E-state index in [0.29, 0.717) is 19.1 Å². The summed E-state index contributed by atoms with van der Waals surface area (Å²) in [7, 11) is 0. The Morgan fingerprint density at radius 2 is 2.00 bits per heavy atom. The number of aromatic nitrogens is 4. The Hall–Kier alpha value is -2.02. The molecule has 0 bridgehead atoms. The molecule has 1 saturated heterocycles. The average molecular weight is 371 g/mol. The molecule has 2 heterocycles. The second kappa shape index (κ2) is 8.78. The fourth-order valence-electron chi connectivity index (χ4n) is 4.46. The van der Waals surface area contributed by atoms with Crippen molar-refractivity contribution in [1.29, 1.82) is 0 Å². The van der Waals surface area contributed by atoms with Crippen LogP contribution in [0, 0.1) is 5.92 Å². The van der Waals surface area contributed by atoms with Gasteiger partial charge in [-0.15, -0.1) is 5.10 Å². The van der Waals surface area contributed by atoms with E-state index in [1.165, 1.54) is 32.1 Å². The van der Waals surface area contributed by atoms with Gasteiger partial charge in [-0.05, 0) is 36.1 Å². The maximum atomic E-state index is 11.9. The monoisotopic (exact) mass is 371 g/mol. The van der Waals surface area contributed by atoms with Crippen LogP contribution in [0.25, 0.3) is 0 Å². The lowest BCUT2D eigenvalue weighted by molar-refractivity contribution is -0.129. The van der Waals surface area contributed by atoms with E-state index in [0.717, 1.165) is 25.1 Å². The van der Waals surface area contributed by atoms with Crippen LogP contribution in [-0.2, 0) is 16.0 Å². The maximum absolute atomic E-state index is 11.9. The average Bonchev–Trinajstić information content (AvgIpc) is 3.16. The fraction of sp³-hybridized carbons (Fsp3) is 0.700. The number of carbonyl (C=O) groups excluding carboxylic acids is 1. The molecule has 1 aliphatic heterocycles. The number of aryl methyl sites for hydroxylation is 1. The molecule has 0 radical (unpaired) electrons. The minimum atomic E-state index is -0.0301. The van der Waals surface area contributed by atoms with Crippen molar-refractivity contribution in [2.24, 2.45) is 5.92 Å². The van der Waals surface area contributed by atoms with Gasteiger partial charge in [0.2, 0.25) is 5.91 Å². The van der Waals surface area contributed by atoms with Gasteiger partial charge >= 0.3 is 0 Å². The van der Waals surface area contributed by atoms with Crippen LogP contribution in [0.2, 0.25) is 0 Å². The van der Waals surface area contributed by atoms with E-state index in [2.05, 4.69) is 31.6 Å². The number of hydrogen-bond donors (Lipinski definition) is 1. The Labute approximate surface area is 160 Å². The van der Waals surface area contributed by atoms with E-state index in [1.54, 1.807) is 0 Å². The van der Waals surface area contributed by atoms with Gasteiger partial charge in [0.25, 0.3) is 0 Å². The lowest BCUT2D eigenvalue weighted by atomic mass is 9.85. The van der Waals surface area contributed by atoms with Gasteiger partial charge in [0, 0.05) is 18.9 Å².